The van der Waals surface area contributed by atoms with Crippen molar-refractivity contribution in [2.75, 3.05) is 11.1 Å². The van der Waals surface area contributed by atoms with E-state index in [9.17, 15) is 4.79 Å². The molecule has 6 heteroatoms. The van der Waals surface area contributed by atoms with Gasteiger partial charge in [0.1, 0.15) is 5.82 Å². The van der Waals surface area contributed by atoms with Gasteiger partial charge < -0.3 is 5.32 Å². The second-order valence-electron chi connectivity index (χ2n) is 7.89. The molecule has 0 saturated heterocycles. The zero-order chi connectivity index (χ0) is 22.5. The predicted octanol–water partition coefficient (Wildman–Crippen LogP) is 5.51. The van der Waals surface area contributed by atoms with Crippen LogP contribution in [0.25, 0.3) is 5.69 Å². The van der Waals surface area contributed by atoms with E-state index >= 15 is 0 Å². The Kier molecular flexibility index (Phi) is 6.71. The Labute approximate surface area is 192 Å². The number of hydrogen-bond acceptors (Lipinski definition) is 4. The van der Waals surface area contributed by atoms with Crippen molar-refractivity contribution in [2.24, 2.45) is 0 Å². The number of nitrogens with one attached hydrogen (secondary N) is 1. The first-order valence-electron chi connectivity index (χ1n) is 10.5. The van der Waals surface area contributed by atoms with Gasteiger partial charge in [0.15, 0.2) is 5.16 Å². The Morgan fingerprint density at radius 2 is 1.62 bits per heavy atom. The van der Waals surface area contributed by atoms with E-state index in [1.165, 1.54) is 17.3 Å². The summed E-state index contributed by atoms with van der Waals surface area (Å²) >= 11 is 1.39. The van der Waals surface area contributed by atoms with Gasteiger partial charge in [-0.25, -0.2) is 0 Å². The molecule has 1 aromatic heterocycles. The first kappa shape index (κ1) is 21.8. The lowest BCUT2D eigenvalue weighted by Gasteiger charge is -2.12. The highest BCUT2D eigenvalue weighted by Gasteiger charge is 2.16. The summed E-state index contributed by atoms with van der Waals surface area (Å²) in [7, 11) is 0. The van der Waals surface area contributed by atoms with Crippen LogP contribution in [-0.4, -0.2) is 26.4 Å². The van der Waals surface area contributed by atoms with Crippen LogP contribution < -0.4 is 5.32 Å². The van der Waals surface area contributed by atoms with Gasteiger partial charge in [0.05, 0.1) is 5.75 Å². The molecule has 0 saturated carbocycles. The first-order valence-corrected chi connectivity index (χ1v) is 11.5. The standard InChI is InChI=1S/C26H26N4OS/c1-18-10-13-22(14-11-18)30-24(16-21-7-5-4-6-8-21)28-29-26(30)32-17-25(31)27-23-15-19(2)9-12-20(23)3/h4-15H,16-17H2,1-3H3,(H,27,31). The molecular weight excluding hydrogens is 416 g/mol. The van der Waals surface area contributed by atoms with Crippen molar-refractivity contribution in [3.8, 4) is 5.69 Å². The third kappa shape index (κ3) is 5.26. The molecule has 5 nitrogen and oxygen atoms in total. The van der Waals surface area contributed by atoms with Crippen molar-refractivity contribution in [1.82, 2.24) is 14.8 Å². The van der Waals surface area contributed by atoms with E-state index in [0.29, 0.717) is 11.6 Å². The van der Waals surface area contributed by atoms with Crippen LogP contribution in [-0.2, 0) is 11.2 Å². The Morgan fingerprint density at radius 3 is 2.38 bits per heavy atom. The monoisotopic (exact) mass is 442 g/mol. The van der Waals surface area contributed by atoms with Crippen LogP contribution in [0, 0.1) is 20.8 Å². The van der Waals surface area contributed by atoms with Gasteiger partial charge in [-0.1, -0.05) is 71.9 Å². The second-order valence-corrected chi connectivity index (χ2v) is 8.83. The molecule has 32 heavy (non-hydrogen) atoms. The normalized spacial score (nSPS) is 10.8. The number of aryl methyl sites for hydroxylation is 3. The van der Waals surface area contributed by atoms with Gasteiger partial charge in [0.2, 0.25) is 5.91 Å². The molecule has 4 rings (SSSR count). The molecule has 0 aliphatic rings. The molecule has 0 bridgehead atoms. The summed E-state index contributed by atoms with van der Waals surface area (Å²) in [5.41, 5.74) is 6.35. The molecule has 1 amide bonds. The molecule has 0 radical (unpaired) electrons. The minimum absolute atomic E-state index is 0.0632. The van der Waals surface area contributed by atoms with Crippen molar-refractivity contribution in [3.05, 3.63) is 101 Å². The highest BCUT2D eigenvalue weighted by Crippen LogP contribution is 2.24. The number of nitrogens with zero attached hydrogens (tertiary/aromatic N) is 3. The smallest absolute Gasteiger partial charge is 0.234 e. The van der Waals surface area contributed by atoms with E-state index in [1.54, 1.807) is 0 Å². The van der Waals surface area contributed by atoms with E-state index in [2.05, 4.69) is 58.8 Å². The summed E-state index contributed by atoms with van der Waals surface area (Å²) < 4.78 is 2.04. The van der Waals surface area contributed by atoms with Crippen molar-refractivity contribution in [2.45, 2.75) is 32.3 Å². The molecule has 0 unspecified atom stereocenters. The maximum absolute atomic E-state index is 12.7. The van der Waals surface area contributed by atoms with Crippen molar-refractivity contribution < 1.29 is 4.79 Å². The SMILES string of the molecule is Cc1ccc(-n2c(Cc3ccccc3)nnc2SCC(=O)Nc2cc(C)ccc2C)cc1. The fourth-order valence-corrected chi connectivity index (χ4v) is 4.20. The van der Waals surface area contributed by atoms with Gasteiger partial charge in [-0.3, -0.25) is 9.36 Å². The lowest BCUT2D eigenvalue weighted by atomic mass is 10.1. The molecule has 162 valence electrons. The molecule has 0 spiro atoms. The molecule has 0 atom stereocenters. The number of aromatic nitrogens is 3. The molecule has 3 aromatic carbocycles. The van der Waals surface area contributed by atoms with Crippen LogP contribution >= 0.6 is 11.8 Å². The van der Waals surface area contributed by atoms with E-state index < -0.39 is 0 Å². The zero-order valence-electron chi connectivity index (χ0n) is 18.5. The molecule has 1 N–H and O–H groups in total. The highest BCUT2D eigenvalue weighted by atomic mass is 32.2. The number of benzene rings is 3. The fourth-order valence-electron chi connectivity index (χ4n) is 3.43. The van der Waals surface area contributed by atoms with Crippen LogP contribution in [0.5, 0.6) is 0 Å². The number of carbonyl (C=O) groups excluding carboxylic acids is 1. The number of thioether (sulfide) groups is 1. The fraction of sp³-hybridized carbons (Fsp3) is 0.192. The van der Waals surface area contributed by atoms with E-state index in [1.807, 2.05) is 54.8 Å². The van der Waals surface area contributed by atoms with Crippen molar-refractivity contribution in [1.29, 1.82) is 0 Å². The average molecular weight is 443 g/mol. The van der Waals surface area contributed by atoms with Gasteiger partial charge in [-0.15, -0.1) is 10.2 Å². The lowest BCUT2D eigenvalue weighted by molar-refractivity contribution is -0.113. The Hall–Kier alpha value is -3.38. The predicted molar refractivity (Wildman–Crippen MR) is 131 cm³/mol. The van der Waals surface area contributed by atoms with Crippen LogP contribution in [0.3, 0.4) is 0 Å². The van der Waals surface area contributed by atoms with E-state index in [0.717, 1.165) is 33.9 Å². The maximum Gasteiger partial charge on any atom is 0.234 e. The third-order valence-corrected chi connectivity index (χ3v) is 6.13. The average Bonchev–Trinajstić information content (AvgIpc) is 3.18. The molecule has 1 heterocycles. The molecule has 0 aliphatic carbocycles. The number of carbonyl (C=O) groups is 1. The number of amides is 1. The summed E-state index contributed by atoms with van der Waals surface area (Å²) in [6.45, 7) is 6.07. The minimum atomic E-state index is -0.0632. The van der Waals surface area contributed by atoms with E-state index in [-0.39, 0.29) is 11.7 Å². The van der Waals surface area contributed by atoms with Crippen LogP contribution in [0.1, 0.15) is 28.1 Å². The van der Waals surface area contributed by atoms with E-state index in [4.69, 9.17) is 0 Å². The number of hydrogen-bond donors (Lipinski definition) is 1. The number of rotatable bonds is 7. The molecule has 0 fully saturated rings. The number of anilines is 1. The Bertz CT molecular complexity index is 1220. The van der Waals surface area contributed by atoms with Crippen molar-refractivity contribution >= 4 is 23.4 Å². The molecule has 4 aromatic rings. The summed E-state index contributed by atoms with van der Waals surface area (Å²) in [5, 5.41) is 12.6. The summed E-state index contributed by atoms with van der Waals surface area (Å²) in [4.78, 5) is 12.7. The second kappa shape index (κ2) is 9.83. The van der Waals surface area contributed by atoms with Crippen molar-refractivity contribution in [3.63, 3.8) is 0 Å². The first-order chi connectivity index (χ1) is 15.5. The maximum atomic E-state index is 12.7. The molecule has 0 aliphatic heterocycles. The highest BCUT2D eigenvalue weighted by molar-refractivity contribution is 7.99. The van der Waals surface area contributed by atoms with Gasteiger partial charge in [0, 0.05) is 17.8 Å². The third-order valence-electron chi connectivity index (χ3n) is 5.20. The zero-order valence-corrected chi connectivity index (χ0v) is 19.3. The quantitative estimate of drug-likeness (QED) is 0.383. The van der Waals surface area contributed by atoms with Crippen LogP contribution in [0.15, 0.2) is 78.0 Å². The van der Waals surface area contributed by atoms with Crippen LogP contribution in [0.4, 0.5) is 5.69 Å². The topological polar surface area (TPSA) is 59.8 Å². The Balaban J connectivity index is 1.55. The van der Waals surface area contributed by atoms with Gasteiger partial charge in [-0.2, -0.15) is 0 Å². The summed E-state index contributed by atoms with van der Waals surface area (Å²) in [5.74, 6) is 1.03. The largest absolute Gasteiger partial charge is 0.325 e. The minimum Gasteiger partial charge on any atom is -0.325 e. The molecular formula is C26H26N4OS. The summed E-state index contributed by atoms with van der Waals surface area (Å²) in [6.07, 6.45) is 0.664. The van der Waals surface area contributed by atoms with Gasteiger partial charge >= 0.3 is 0 Å². The summed E-state index contributed by atoms with van der Waals surface area (Å²) in [6, 6.07) is 24.5. The Morgan fingerprint density at radius 1 is 0.906 bits per heavy atom. The van der Waals surface area contributed by atoms with Gasteiger partial charge in [0.25, 0.3) is 0 Å². The van der Waals surface area contributed by atoms with Crippen LogP contribution in [0.2, 0.25) is 0 Å². The van der Waals surface area contributed by atoms with Gasteiger partial charge in [-0.05, 0) is 55.7 Å². The lowest BCUT2D eigenvalue weighted by Crippen LogP contribution is -2.15.